The molecule has 144 valence electrons. The highest BCUT2D eigenvalue weighted by molar-refractivity contribution is 5.90. The van der Waals surface area contributed by atoms with Gasteiger partial charge in [0.2, 0.25) is 5.88 Å². The number of nitrogens with zero attached hydrogens (tertiary/aromatic N) is 3. The number of hydrogen-bond donors (Lipinski definition) is 3. The normalized spacial score (nSPS) is 10.3. The molecule has 0 saturated heterocycles. The number of aromatic nitrogens is 2. The van der Waals surface area contributed by atoms with E-state index in [1.165, 1.54) is 24.5 Å². The molecule has 0 aliphatic rings. The number of carbonyl (C=O) groups is 1. The van der Waals surface area contributed by atoms with Crippen molar-refractivity contribution in [3.8, 4) is 29.1 Å². The highest BCUT2D eigenvalue weighted by atomic mass is 16.5. The van der Waals surface area contributed by atoms with Crippen LogP contribution in [0.3, 0.4) is 0 Å². The fraction of sp³-hybridized carbons (Fsp3) is 0.111. The molecule has 0 spiro atoms. The van der Waals surface area contributed by atoms with Gasteiger partial charge >= 0.3 is 12.0 Å². The van der Waals surface area contributed by atoms with Crippen LogP contribution in [0.15, 0.2) is 58.1 Å². The fourth-order valence-electron chi connectivity index (χ4n) is 2.23. The predicted octanol–water partition coefficient (Wildman–Crippen LogP) is 1.88. The Kier molecular flexibility index (Phi) is 5.70. The number of para-hydroxylation sites is 1. The van der Waals surface area contributed by atoms with Crippen LogP contribution in [-0.2, 0) is 0 Å². The lowest BCUT2D eigenvalue weighted by molar-refractivity contribution is 0.0694. The van der Waals surface area contributed by atoms with Crippen LogP contribution in [0.2, 0.25) is 0 Å². The van der Waals surface area contributed by atoms with Gasteiger partial charge in [-0.05, 0) is 24.3 Å². The summed E-state index contributed by atoms with van der Waals surface area (Å²) < 4.78 is 16.5. The van der Waals surface area contributed by atoms with Gasteiger partial charge in [-0.1, -0.05) is 12.1 Å². The van der Waals surface area contributed by atoms with Gasteiger partial charge in [-0.3, -0.25) is 4.99 Å². The van der Waals surface area contributed by atoms with Gasteiger partial charge in [0.1, 0.15) is 23.6 Å². The minimum absolute atomic E-state index is 0.00231. The molecule has 5 N–H and O–H groups in total. The first kappa shape index (κ1) is 18.7. The molecule has 10 heteroatoms. The monoisotopic (exact) mass is 383 g/mol. The van der Waals surface area contributed by atoms with Crippen molar-refractivity contribution in [2.45, 2.75) is 0 Å². The summed E-state index contributed by atoms with van der Waals surface area (Å²) in [5, 5.41) is 9.31. The van der Waals surface area contributed by atoms with Crippen molar-refractivity contribution >= 4 is 11.9 Å². The number of aliphatic imine (C=N–C) groups is 1. The highest BCUT2D eigenvalue weighted by Crippen LogP contribution is 2.29. The molecule has 0 radical (unpaired) electrons. The minimum atomic E-state index is -1.12. The summed E-state index contributed by atoms with van der Waals surface area (Å²) in [7, 11) is 0. The maximum Gasteiger partial charge on any atom is 0.339 e. The first-order valence-electron chi connectivity index (χ1n) is 8.14. The van der Waals surface area contributed by atoms with E-state index in [2.05, 4.69) is 15.0 Å². The average molecular weight is 383 g/mol. The molecule has 2 aromatic heterocycles. The largest absolute Gasteiger partial charge is 0.478 e. The number of guanidine groups is 1. The number of hydrogen-bond acceptors (Lipinski definition) is 7. The zero-order chi connectivity index (χ0) is 19.9. The van der Waals surface area contributed by atoms with Crippen molar-refractivity contribution in [3.63, 3.8) is 0 Å². The lowest BCUT2D eigenvalue weighted by Gasteiger charge is -2.10. The molecule has 0 fully saturated rings. The van der Waals surface area contributed by atoms with Gasteiger partial charge in [0.05, 0.1) is 12.8 Å². The van der Waals surface area contributed by atoms with Crippen LogP contribution in [0.4, 0.5) is 0 Å². The van der Waals surface area contributed by atoms with Crippen LogP contribution in [0, 0.1) is 0 Å². The van der Waals surface area contributed by atoms with Crippen LogP contribution in [-0.4, -0.2) is 40.2 Å². The molecule has 3 aromatic rings. The minimum Gasteiger partial charge on any atom is -0.478 e. The zero-order valence-corrected chi connectivity index (χ0v) is 14.6. The Bertz CT molecular complexity index is 984. The van der Waals surface area contributed by atoms with Crippen molar-refractivity contribution in [1.82, 2.24) is 9.97 Å². The molecule has 28 heavy (non-hydrogen) atoms. The van der Waals surface area contributed by atoms with Crippen LogP contribution in [0.1, 0.15) is 10.4 Å². The van der Waals surface area contributed by atoms with E-state index in [-0.39, 0.29) is 42.3 Å². The van der Waals surface area contributed by atoms with Crippen molar-refractivity contribution in [3.05, 3.63) is 54.3 Å². The summed E-state index contributed by atoms with van der Waals surface area (Å²) in [5.41, 5.74) is 10.9. The Labute approximate surface area is 159 Å². The quantitative estimate of drug-likeness (QED) is 0.300. The fourth-order valence-corrected chi connectivity index (χ4v) is 2.23. The Morgan fingerprint density at radius 1 is 1.18 bits per heavy atom. The molecule has 0 saturated carbocycles. The second-order valence-electron chi connectivity index (χ2n) is 5.41. The number of carboxylic acid groups (broad SMARTS) is 1. The Morgan fingerprint density at radius 2 is 2.00 bits per heavy atom. The second kappa shape index (κ2) is 8.54. The molecular weight excluding hydrogens is 366 g/mol. The van der Waals surface area contributed by atoms with Gasteiger partial charge in [-0.15, -0.1) is 0 Å². The van der Waals surface area contributed by atoms with Crippen molar-refractivity contribution < 1.29 is 23.8 Å². The molecule has 0 unspecified atom stereocenters. The molecule has 0 amide bonds. The molecule has 3 rings (SSSR count). The summed E-state index contributed by atoms with van der Waals surface area (Å²) in [6.45, 7) is 0.347. The first-order valence-corrected chi connectivity index (χ1v) is 8.14. The van der Waals surface area contributed by atoms with Crippen molar-refractivity contribution in [2.75, 3.05) is 13.2 Å². The summed E-state index contributed by atoms with van der Waals surface area (Å²) in [4.78, 5) is 23.6. The van der Waals surface area contributed by atoms with Crippen molar-refractivity contribution in [1.29, 1.82) is 0 Å². The van der Waals surface area contributed by atoms with E-state index in [1.54, 1.807) is 24.3 Å². The summed E-state index contributed by atoms with van der Waals surface area (Å²) in [5.74, 6) is -0.488. The van der Waals surface area contributed by atoms with Crippen LogP contribution in [0.5, 0.6) is 17.6 Å². The van der Waals surface area contributed by atoms with Gasteiger partial charge < -0.3 is 30.5 Å². The smallest absolute Gasteiger partial charge is 0.339 e. The molecule has 1 aromatic carbocycles. The first-order chi connectivity index (χ1) is 13.5. The van der Waals surface area contributed by atoms with Crippen LogP contribution < -0.4 is 20.9 Å². The zero-order valence-electron chi connectivity index (χ0n) is 14.6. The van der Waals surface area contributed by atoms with E-state index in [1.807, 2.05) is 0 Å². The predicted molar refractivity (Wildman–Crippen MR) is 99.4 cm³/mol. The number of ether oxygens (including phenoxy) is 2. The van der Waals surface area contributed by atoms with Crippen LogP contribution >= 0.6 is 0 Å². The van der Waals surface area contributed by atoms with Gasteiger partial charge in [0.15, 0.2) is 11.7 Å². The van der Waals surface area contributed by atoms with Gasteiger partial charge in [-0.25, -0.2) is 4.79 Å². The van der Waals surface area contributed by atoms with E-state index in [0.29, 0.717) is 11.5 Å². The Hall–Kier alpha value is -4.08. The van der Waals surface area contributed by atoms with Gasteiger partial charge in [0.25, 0.3) is 0 Å². The summed E-state index contributed by atoms with van der Waals surface area (Å²) in [6.07, 6.45) is 1.50. The maximum absolute atomic E-state index is 11.4. The van der Waals surface area contributed by atoms with E-state index in [9.17, 15) is 9.90 Å². The third kappa shape index (κ3) is 4.75. The number of carboxylic acids is 1. The van der Waals surface area contributed by atoms with E-state index >= 15 is 0 Å². The van der Waals surface area contributed by atoms with E-state index in [4.69, 9.17) is 25.4 Å². The number of aromatic carboxylic acids is 1. The van der Waals surface area contributed by atoms with Gasteiger partial charge in [-0.2, -0.15) is 9.97 Å². The number of nitrogens with two attached hydrogens (primary N) is 2. The molecular formula is C18H17N5O5. The number of benzene rings is 1. The number of rotatable bonds is 8. The third-order valence-corrected chi connectivity index (χ3v) is 3.40. The lowest BCUT2D eigenvalue weighted by Crippen LogP contribution is -2.23. The topological polar surface area (TPSA) is 159 Å². The number of furan rings is 1. The second-order valence-corrected chi connectivity index (χ2v) is 5.41. The van der Waals surface area contributed by atoms with E-state index in [0.717, 1.165) is 0 Å². The molecule has 0 aliphatic heterocycles. The maximum atomic E-state index is 11.4. The summed E-state index contributed by atoms with van der Waals surface area (Å²) >= 11 is 0. The Morgan fingerprint density at radius 3 is 2.71 bits per heavy atom. The Balaban J connectivity index is 1.89. The average Bonchev–Trinajstić information content (AvgIpc) is 3.20. The molecule has 0 atom stereocenters. The van der Waals surface area contributed by atoms with Gasteiger partial charge in [0, 0.05) is 6.07 Å². The van der Waals surface area contributed by atoms with E-state index < -0.39 is 5.97 Å². The third-order valence-electron chi connectivity index (χ3n) is 3.40. The molecule has 0 aliphatic carbocycles. The summed E-state index contributed by atoms with van der Waals surface area (Å²) in [6, 6.07) is 11.1. The molecule has 10 nitrogen and oxygen atoms in total. The molecule has 0 bridgehead atoms. The highest BCUT2D eigenvalue weighted by Gasteiger charge is 2.15. The molecule has 2 heterocycles. The SMILES string of the molecule is NC(N)=NCCOc1nc(Oc2ccccc2C(=O)O)cc(-c2ccco2)n1. The van der Waals surface area contributed by atoms with Crippen LogP contribution in [0.25, 0.3) is 11.5 Å². The lowest BCUT2D eigenvalue weighted by atomic mass is 10.2. The standard InChI is InChI=1S/C18H17N5O5/c19-17(20)21-7-9-27-18-22-12(14-6-3-8-26-14)10-15(23-18)28-13-5-2-1-4-11(13)16(24)25/h1-6,8,10H,7,9H2,(H,24,25)(H4,19,20,21). The van der Waals surface area contributed by atoms with Crippen molar-refractivity contribution in [2.24, 2.45) is 16.5 Å².